The molecule has 0 aromatic carbocycles. The number of carbonyl (C=O) groups excluding carboxylic acids is 1. The number of hydrogen-bond donors (Lipinski definition) is 0. The minimum Gasteiger partial charge on any atom is -0.297 e. The fraction of sp³-hybridized carbons (Fsp3) is 0.833. The van der Waals surface area contributed by atoms with E-state index in [4.69, 9.17) is 0 Å². The Kier molecular flexibility index (Phi) is 4.38. The fourth-order valence-electron chi connectivity index (χ4n) is 0.455. The summed E-state index contributed by atoms with van der Waals surface area (Å²) in [4.78, 5) is 16.6. The third-order valence-corrected chi connectivity index (χ3v) is 1.12. The summed E-state index contributed by atoms with van der Waals surface area (Å²) in [5, 5.41) is 0. The molecule has 0 aliphatic heterocycles. The highest BCUT2D eigenvalue weighted by molar-refractivity contribution is 5.68. The van der Waals surface area contributed by atoms with E-state index in [0.717, 1.165) is 0 Å². The molecule has 90 valence electrons. The van der Waals surface area contributed by atoms with E-state index in [1.54, 1.807) is 0 Å². The van der Waals surface area contributed by atoms with Gasteiger partial charge in [0.15, 0.2) is 0 Å². The predicted molar refractivity (Wildman–Crippen MR) is 33.4 cm³/mol. The molecule has 9 heteroatoms. The standard InChI is InChI=1S/C6H6F6O3/c1-2-3(13)14-15-4(5(7,8)9)6(10,11)12/h4H,2H2,1H3. The Morgan fingerprint density at radius 1 is 1.13 bits per heavy atom. The van der Waals surface area contributed by atoms with Crippen molar-refractivity contribution in [3.63, 3.8) is 0 Å². The van der Waals surface area contributed by atoms with Crippen molar-refractivity contribution < 1.29 is 40.9 Å². The lowest BCUT2D eigenvalue weighted by Gasteiger charge is -2.20. The van der Waals surface area contributed by atoms with Gasteiger partial charge in [-0.3, -0.25) is 4.89 Å². The van der Waals surface area contributed by atoms with E-state index in [2.05, 4.69) is 9.78 Å². The molecule has 0 radical (unpaired) electrons. The second kappa shape index (κ2) is 4.69. The second-order valence-corrected chi connectivity index (χ2v) is 2.37. The van der Waals surface area contributed by atoms with Gasteiger partial charge in [0.1, 0.15) is 0 Å². The van der Waals surface area contributed by atoms with E-state index < -0.39 is 30.8 Å². The zero-order valence-electron chi connectivity index (χ0n) is 7.28. The van der Waals surface area contributed by atoms with Crippen molar-refractivity contribution in [2.75, 3.05) is 0 Å². The number of hydrogen-bond acceptors (Lipinski definition) is 3. The molecule has 0 fully saturated rings. The maximum atomic E-state index is 11.7. The van der Waals surface area contributed by atoms with Crippen LogP contribution in [0, 0.1) is 0 Å². The van der Waals surface area contributed by atoms with Crippen LogP contribution in [0.15, 0.2) is 0 Å². The van der Waals surface area contributed by atoms with Crippen molar-refractivity contribution >= 4 is 5.97 Å². The summed E-state index contributed by atoms with van der Waals surface area (Å²) in [6, 6.07) is 0. The molecular weight excluding hydrogens is 234 g/mol. The first-order chi connectivity index (χ1) is 6.59. The lowest BCUT2D eigenvalue weighted by Crippen LogP contribution is -2.44. The normalized spacial score (nSPS) is 13.1. The minimum absolute atomic E-state index is 0.400. The number of carbonyl (C=O) groups is 1. The molecule has 0 amide bonds. The Labute approximate surface area is 79.9 Å². The largest absolute Gasteiger partial charge is 0.427 e. The van der Waals surface area contributed by atoms with Gasteiger partial charge in [0.05, 0.1) is 0 Å². The highest BCUT2D eigenvalue weighted by Crippen LogP contribution is 2.35. The van der Waals surface area contributed by atoms with Crippen LogP contribution in [-0.4, -0.2) is 24.4 Å². The van der Waals surface area contributed by atoms with Crippen LogP contribution in [-0.2, 0) is 14.6 Å². The van der Waals surface area contributed by atoms with Gasteiger partial charge in [-0.15, -0.1) is 0 Å². The highest BCUT2D eigenvalue weighted by Gasteiger charge is 2.59. The molecular formula is C6H6F6O3. The van der Waals surface area contributed by atoms with E-state index >= 15 is 0 Å². The topological polar surface area (TPSA) is 35.5 Å². The Morgan fingerprint density at radius 3 is 1.80 bits per heavy atom. The average Bonchev–Trinajstić information content (AvgIpc) is 1.99. The summed E-state index contributed by atoms with van der Waals surface area (Å²) in [6.45, 7) is 1.18. The zero-order chi connectivity index (χ0) is 12.3. The van der Waals surface area contributed by atoms with Crippen molar-refractivity contribution in [3.05, 3.63) is 0 Å². The first kappa shape index (κ1) is 14.0. The van der Waals surface area contributed by atoms with Crippen LogP contribution in [0.2, 0.25) is 0 Å². The predicted octanol–water partition coefficient (Wildman–Crippen LogP) is 2.36. The molecule has 0 spiro atoms. The zero-order valence-corrected chi connectivity index (χ0v) is 7.28. The lowest BCUT2D eigenvalue weighted by atomic mass is 10.3. The molecule has 15 heavy (non-hydrogen) atoms. The van der Waals surface area contributed by atoms with Crippen molar-refractivity contribution in [3.8, 4) is 0 Å². The smallest absolute Gasteiger partial charge is 0.297 e. The monoisotopic (exact) mass is 240 g/mol. The summed E-state index contributed by atoms with van der Waals surface area (Å²) >= 11 is 0. The van der Waals surface area contributed by atoms with E-state index in [-0.39, 0.29) is 0 Å². The van der Waals surface area contributed by atoms with Crippen LogP contribution in [0.5, 0.6) is 0 Å². The van der Waals surface area contributed by atoms with E-state index in [1.807, 2.05) is 0 Å². The third kappa shape index (κ3) is 4.86. The molecule has 0 aromatic heterocycles. The molecule has 0 aliphatic rings. The van der Waals surface area contributed by atoms with E-state index in [0.29, 0.717) is 0 Å². The van der Waals surface area contributed by atoms with Gasteiger partial charge >= 0.3 is 18.3 Å². The third-order valence-electron chi connectivity index (χ3n) is 1.12. The lowest BCUT2D eigenvalue weighted by molar-refractivity contribution is -0.413. The SMILES string of the molecule is CCC(=O)OOC(C(F)(F)F)C(F)(F)F. The number of halogens is 6. The molecule has 0 atom stereocenters. The van der Waals surface area contributed by atoms with E-state index in [1.165, 1.54) is 6.92 Å². The fourth-order valence-corrected chi connectivity index (χ4v) is 0.455. The number of alkyl halides is 6. The van der Waals surface area contributed by atoms with Gasteiger partial charge in [-0.2, -0.15) is 31.2 Å². The van der Waals surface area contributed by atoms with Gasteiger partial charge in [-0.1, -0.05) is 6.92 Å². The minimum atomic E-state index is -5.69. The van der Waals surface area contributed by atoms with Crippen molar-refractivity contribution in [1.29, 1.82) is 0 Å². The van der Waals surface area contributed by atoms with Crippen LogP contribution < -0.4 is 0 Å². The van der Waals surface area contributed by atoms with Crippen LogP contribution >= 0.6 is 0 Å². The summed E-state index contributed by atoms with van der Waals surface area (Å²) < 4.78 is 70.4. The van der Waals surface area contributed by atoms with Gasteiger partial charge in [-0.25, -0.2) is 4.79 Å². The second-order valence-electron chi connectivity index (χ2n) is 2.37. The van der Waals surface area contributed by atoms with Crippen LogP contribution in [0.4, 0.5) is 26.3 Å². The first-order valence-electron chi connectivity index (χ1n) is 3.58. The van der Waals surface area contributed by atoms with Crippen LogP contribution in [0.3, 0.4) is 0 Å². The van der Waals surface area contributed by atoms with Gasteiger partial charge in [0, 0.05) is 6.42 Å². The Bertz CT molecular complexity index is 206. The molecule has 0 saturated carbocycles. The molecule has 0 saturated heterocycles. The summed E-state index contributed by atoms with van der Waals surface area (Å²) in [6.07, 6.45) is -15.9. The van der Waals surface area contributed by atoms with Crippen molar-refractivity contribution in [2.45, 2.75) is 31.8 Å². The van der Waals surface area contributed by atoms with Gasteiger partial charge < -0.3 is 0 Å². The van der Waals surface area contributed by atoms with Gasteiger partial charge in [0.2, 0.25) is 0 Å². The van der Waals surface area contributed by atoms with E-state index in [9.17, 15) is 31.1 Å². The quantitative estimate of drug-likeness (QED) is 0.431. The van der Waals surface area contributed by atoms with Gasteiger partial charge in [0.25, 0.3) is 6.10 Å². The molecule has 0 rings (SSSR count). The van der Waals surface area contributed by atoms with Crippen LogP contribution in [0.1, 0.15) is 13.3 Å². The van der Waals surface area contributed by atoms with Crippen molar-refractivity contribution in [1.82, 2.24) is 0 Å². The van der Waals surface area contributed by atoms with Gasteiger partial charge in [-0.05, 0) is 0 Å². The highest BCUT2D eigenvalue weighted by atomic mass is 19.4. The maximum Gasteiger partial charge on any atom is 0.427 e. The van der Waals surface area contributed by atoms with Crippen LogP contribution in [0.25, 0.3) is 0 Å². The molecule has 0 unspecified atom stereocenters. The molecule has 0 bridgehead atoms. The Morgan fingerprint density at radius 2 is 1.53 bits per heavy atom. The molecule has 0 heterocycles. The summed E-state index contributed by atoms with van der Waals surface area (Å²) in [5.74, 6) is -1.33. The maximum absolute atomic E-state index is 11.7. The molecule has 0 aromatic rings. The molecule has 0 aliphatic carbocycles. The number of rotatable bonds is 3. The Hall–Kier alpha value is -0.990. The first-order valence-corrected chi connectivity index (χ1v) is 3.58. The average molecular weight is 240 g/mol. The summed E-state index contributed by atoms with van der Waals surface area (Å²) in [7, 11) is 0. The Balaban J connectivity index is 4.49. The van der Waals surface area contributed by atoms with Crippen molar-refractivity contribution in [2.24, 2.45) is 0 Å². The molecule has 3 nitrogen and oxygen atoms in total. The molecule has 0 N–H and O–H groups in total. The summed E-state index contributed by atoms with van der Waals surface area (Å²) in [5.41, 5.74) is 0.